The van der Waals surface area contributed by atoms with E-state index in [-0.39, 0.29) is 30.2 Å². The Labute approximate surface area is 160 Å². The lowest BCUT2D eigenvalue weighted by molar-refractivity contribution is -0.130. The number of carbonyl (C=O) groups is 2. The smallest absolute Gasteiger partial charge is 0.243 e. The van der Waals surface area contributed by atoms with Crippen molar-refractivity contribution in [3.8, 4) is 5.75 Å². The molecule has 0 bridgehead atoms. The maximum absolute atomic E-state index is 12.9. The molecule has 0 aliphatic carbocycles. The molecule has 0 aromatic heterocycles. The quantitative estimate of drug-likeness (QED) is 0.826. The van der Waals surface area contributed by atoms with Gasteiger partial charge in [-0.1, -0.05) is 62.4 Å². The lowest BCUT2D eigenvalue weighted by Gasteiger charge is -2.29. The Hall–Kier alpha value is -2.82. The fourth-order valence-electron chi connectivity index (χ4n) is 3.29. The van der Waals surface area contributed by atoms with Gasteiger partial charge < -0.3 is 15.4 Å². The molecule has 1 aliphatic rings. The molecule has 27 heavy (non-hydrogen) atoms. The summed E-state index contributed by atoms with van der Waals surface area (Å²) in [5.41, 5.74) is 1.91. The van der Waals surface area contributed by atoms with Crippen LogP contribution < -0.4 is 15.4 Å². The van der Waals surface area contributed by atoms with Crippen LogP contribution in [0.2, 0.25) is 0 Å². The predicted molar refractivity (Wildman–Crippen MR) is 104 cm³/mol. The lowest BCUT2D eigenvalue weighted by atomic mass is 9.98. The number of rotatable bonds is 6. The van der Waals surface area contributed by atoms with Gasteiger partial charge in [-0.25, -0.2) is 0 Å². The van der Waals surface area contributed by atoms with Gasteiger partial charge in [0.1, 0.15) is 11.8 Å². The topological polar surface area (TPSA) is 67.4 Å². The van der Waals surface area contributed by atoms with Gasteiger partial charge in [0.25, 0.3) is 0 Å². The van der Waals surface area contributed by atoms with E-state index in [0.717, 1.165) is 16.9 Å². The van der Waals surface area contributed by atoms with Crippen LogP contribution in [-0.2, 0) is 16.0 Å². The Balaban J connectivity index is 1.65. The van der Waals surface area contributed by atoms with Gasteiger partial charge in [0, 0.05) is 12.0 Å². The van der Waals surface area contributed by atoms with Crippen LogP contribution in [0.15, 0.2) is 54.6 Å². The Morgan fingerprint density at radius 2 is 1.78 bits per heavy atom. The molecule has 2 aromatic rings. The van der Waals surface area contributed by atoms with Crippen molar-refractivity contribution in [1.82, 2.24) is 10.6 Å². The average Bonchev–Trinajstić information content (AvgIpc) is 2.67. The zero-order valence-corrected chi connectivity index (χ0v) is 15.8. The molecule has 5 nitrogen and oxygen atoms in total. The lowest BCUT2D eigenvalue weighted by Crippen LogP contribution is -2.51. The van der Waals surface area contributed by atoms with Crippen LogP contribution in [0.1, 0.15) is 37.4 Å². The summed E-state index contributed by atoms with van der Waals surface area (Å²) < 4.78 is 5.65. The third-order valence-electron chi connectivity index (χ3n) is 4.75. The molecule has 0 radical (unpaired) electrons. The molecule has 5 heteroatoms. The maximum atomic E-state index is 12.9. The SMILES string of the molecule is CC(C)[C@H](NC(=O)Cc1ccccc1)C(=O)N[C@H]1CCOc2ccccc21. The number of amides is 2. The fraction of sp³-hybridized carbons (Fsp3) is 0.364. The third kappa shape index (κ3) is 4.88. The molecule has 0 unspecified atom stereocenters. The zero-order valence-electron chi connectivity index (χ0n) is 15.8. The van der Waals surface area contributed by atoms with Crippen molar-refractivity contribution < 1.29 is 14.3 Å². The first kappa shape index (κ1) is 19.0. The van der Waals surface area contributed by atoms with Gasteiger partial charge in [-0.2, -0.15) is 0 Å². The number of benzene rings is 2. The fourth-order valence-corrected chi connectivity index (χ4v) is 3.29. The van der Waals surface area contributed by atoms with Gasteiger partial charge >= 0.3 is 0 Å². The summed E-state index contributed by atoms with van der Waals surface area (Å²) in [5, 5.41) is 5.99. The van der Waals surface area contributed by atoms with E-state index in [2.05, 4.69) is 10.6 Å². The second-order valence-corrected chi connectivity index (χ2v) is 7.19. The third-order valence-corrected chi connectivity index (χ3v) is 4.75. The highest BCUT2D eigenvalue weighted by Crippen LogP contribution is 2.31. The number of hydrogen-bond donors (Lipinski definition) is 2. The minimum atomic E-state index is -0.573. The highest BCUT2D eigenvalue weighted by Gasteiger charge is 2.29. The second kappa shape index (κ2) is 8.71. The minimum absolute atomic E-state index is 0.0141. The van der Waals surface area contributed by atoms with Crippen molar-refractivity contribution >= 4 is 11.8 Å². The van der Waals surface area contributed by atoms with Crippen molar-refractivity contribution in [2.45, 2.75) is 38.8 Å². The van der Waals surface area contributed by atoms with E-state index in [1.54, 1.807) is 0 Å². The van der Waals surface area contributed by atoms with Crippen LogP contribution in [-0.4, -0.2) is 24.5 Å². The van der Waals surface area contributed by atoms with E-state index in [1.807, 2.05) is 68.4 Å². The van der Waals surface area contributed by atoms with Crippen LogP contribution in [0.25, 0.3) is 0 Å². The molecule has 1 heterocycles. The molecule has 2 N–H and O–H groups in total. The number of nitrogens with one attached hydrogen (secondary N) is 2. The predicted octanol–water partition coefficient (Wildman–Crippen LogP) is 3.01. The Morgan fingerprint density at radius 3 is 2.52 bits per heavy atom. The number of para-hydroxylation sites is 1. The van der Waals surface area contributed by atoms with Gasteiger partial charge in [-0.15, -0.1) is 0 Å². The van der Waals surface area contributed by atoms with Crippen LogP contribution >= 0.6 is 0 Å². The molecule has 1 aliphatic heterocycles. The number of hydrogen-bond acceptors (Lipinski definition) is 3. The zero-order chi connectivity index (χ0) is 19.2. The molecule has 0 fully saturated rings. The van der Waals surface area contributed by atoms with Crippen molar-refractivity contribution in [2.75, 3.05) is 6.61 Å². The van der Waals surface area contributed by atoms with E-state index in [4.69, 9.17) is 4.74 Å². The highest BCUT2D eigenvalue weighted by molar-refractivity contribution is 5.88. The van der Waals surface area contributed by atoms with E-state index in [1.165, 1.54) is 0 Å². The first-order valence-corrected chi connectivity index (χ1v) is 9.40. The van der Waals surface area contributed by atoms with Crippen molar-refractivity contribution in [1.29, 1.82) is 0 Å². The molecule has 3 rings (SSSR count). The number of fused-ring (bicyclic) bond motifs is 1. The van der Waals surface area contributed by atoms with E-state index >= 15 is 0 Å². The summed E-state index contributed by atoms with van der Waals surface area (Å²) in [7, 11) is 0. The van der Waals surface area contributed by atoms with Gasteiger partial charge in [0.05, 0.1) is 19.1 Å². The van der Waals surface area contributed by atoms with E-state index < -0.39 is 6.04 Å². The van der Waals surface area contributed by atoms with Gasteiger partial charge in [-0.3, -0.25) is 9.59 Å². The maximum Gasteiger partial charge on any atom is 0.243 e. The second-order valence-electron chi connectivity index (χ2n) is 7.19. The van der Waals surface area contributed by atoms with E-state index in [0.29, 0.717) is 13.0 Å². The number of carbonyl (C=O) groups excluding carboxylic acids is 2. The van der Waals surface area contributed by atoms with E-state index in [9.17, 15) is 9.59 Å². The summed E-state index contributed by atoms with van der Waals surface area (Å²) in [6.45, 7) is 4.44. The molecule has 0 saturated carbocycles. The van der Waals surface area contributed by atoms with Gasteiger partial charge in [0.15, 0.2) is 0 Å². The van der Waals surface area contributed by atoms with Crippen LogP contribution in [0, 0.1) is 5.92 Å². The summed E-state index contributed by atoms with van der Waals surface area (Å²) in [5.74, 6) is 0.485. The average molecular weight is 366 g/mol. The molecular weight excluding hydrogens is 340 g/mol. The normalized spacial score (nSPS) is 16.8. The molecule has 142 valence electrons. The largest absolute Gasteiger partial charge is 0.493 e. The minimum Gasteiger partial charge on any atom is -0.493 e. The molecule has 2 atom stereocenters. The monoisotopic (exact) mass is 366 g/mol. The van der Waals surface area contributed by atoms with Crippen molar-refractivity contribution in [3.05, 3.63) is 65.7 Å². The Morgan fingerprint density at radius 1 is 1.07 bits per heavy atom. The summed E-state index contributed by atoms with van der Waals surface area (Å²) in [6, 6.07) is 16.6. The summed E-state index contributed by atoms with van der Waals surface area (Å²) >= 11 is 0. The van der Waals surface area contributed by atoms with Crippen molar-refractivity contribution in [2.24, 2.45) is 5.92 Å². The number of ether oxygens (including phenoxy) is 1. The first-order chi connectivity index (χ1) is 13.0. The van der Waals surface area contributed by atoms with Crippen LogP contribution in [0.3, 0.4) is 0 Å². The van der Waals surface area contributed by atoms with Crippen LogP contribution in [0.5, 0.6) is 5.75 Å². The van der Waals surface area contributed by atoms with Gasteiger partial charge in [0.2, 0.25) is 11.8 Å². The van der Waals surface area contributed by atoms with Gasteiger partial charge in [-0.05, 0) is 17.5 Å². The summed E-state index contributed by atoms with van der Waals surface area (Å²) in [4.78, 5) is 25.3. The van der Waals surface area contributed by atoms with Crippen LogP contribution in [0.4, 0.5) is 0 Å². The molecule has 0 spiro atoms. The standard InChI is InChI=1S/C22H26N2O3/c1-15(2)21(24-20(25)14-16-8-4-3-5-9-16)22(26)23-18-12-13-27-19-11-7-6-10-17(18)19/h3-11,15,18,21H,12-14H2,1-2H3,(H,23,26)(H,24,25)/t18-,21-/m0/s1. The first-order valence-electron chi connectivity index (χ1n) is 9.40. The molecule has 2 aromatic carbocycles. The summed E-state index contributed by atoms with van der Waals surface area (Å²) in [6.07, 6.45) is 0.975. The highest BCUT2D eigenvalue weighted by atomic mass is 16.5. The van der Waals surface area contributed by atoms with Crippen molar-refractivity contribution in [3.63, 3.8) is 0 Å². The molecule has 0 saturated heterocycles. The molecular formula is C22H26N2O3. The Bertz CT molecular complexity index is 789. The Kier molecular flexibility index (Phi) is 6.12. The molecule has 2 amide bonds.